The number of sulfonamides is 1. The van der Waals surface area contributed by atoms with Crippen LogP contribution in [0.25, 0.3) is 0 Å². The van der Waals surface area contributed by atoms with Crippen molar-refractivity contribution in [1.82, 2.24) is 9.46 Å². The third-order valence-corrected chi connectivity index (χ3v) is 6.06. The van der Waals surface area contributed by atoms with Gasteiger partial charge in [-0.25, -0.2) is 8.42 Å². The van der Waals surface area contributed by atoms with Gasteiger partial charge >= 0.3 is 0 Å². The molecule has 1 fully saturated rings. The standard InChI is InChI=1S/C17H22N2O3S/c1-14-12-16(18-22-14)13-23(20,21)19-11-7-3-6-10-17(19)15-8-4-2-5-9-15/h2,4-5,8-9,12,17H,3,6-7,10-11,13H2,1H3. The lowest BCUT2D eigenvalue weighted by atomic mass is 10.0. The lowest BCUT2D eigenvalue weighted by molar-refractivity contribution is 0.327. The molecule has 0 saturated carbocycles. The minimum atomic E-state index is -3.43. The summed E-state index contributed by atoms with van der Waals surface area (Å²) >= 11 is 0. The molecule has 124 valence electrons. The van der Waals surface area contributed by atoms with Gasteiger partial charge in [0, 0.05) is 18.7 Å². The van der Waals surface area contributed by atoms with Crippen LogP contribution in [0.1, 0.15) is 48.7 Å². The van der Waals surface area contributed by atoms with Crippen molar-refractivity contribution in [1.29, 1.82) is 0 Å². The van der Waals surface area contributed by atoms with Gasteiger partial charge in [-0.2, -0.15) is 4.31 Å². The number of hydrogen-bond donors (Lipinski definition) is 0. The van der Waals surface area contributed by atoms with Crippen LogP contribution in [0, 0.1) is 6.92 Å². The van der Waals surface area contributed by atoms with E-state index in [-0.39, 0.29) is 11.8 Å². The molecule has 2 aromatic rings. The van der Waals surface area contributed by atoms with Crippen molar-refractivity contribution in [3.8, 4) is 0 Å². The summed E-state index contributed by atoms with van der Waals surface area (Å²) in [5.41, 5.74) is 1.54. The molecule has 0 amide bonds. The molecule has 1 atom stereocenters. The lowest BCUT2D eigenvalue weighted by Crippen LogP contribution is -2.35. The summed E-state index contributed by atoms with van der Waals surface area (Å²) < 4.78 is 32.6. The fraction of sp³-hybridized carbons (Fsp3) is 0.471. The molecule has 23 heavy (non-hydrogen) atoms. The number of nitrogens with zero attached hydrogens (tertiary/aromatic N) is 2. The van der Waals surface area contributed by atoms with E-state index in [1.54, 1.807) is 17.3 Å². The second-order valence-corrected chi connectivity index (χ2v) is 7.99. The highest BCUT2D eigenvalue weighted by Gasteiger charge is 2.32. The van der Waals surface area contributed by atoms with Gasteiger partial charge in [0.1, 0.15) is 17.2 Å². The monoisotopic (exact) mass is 334 g/mol. The van der Waals surface area contributed by atoms with Gasteiger partial charge in [0.2, 0.25) is 10.0 Å². The number of hydrogen-bond acceptors (Lipinski definition) is 4. The van der Waals surface area contributed by atoms with Gasteiger partial charge in [0.25, 0.3) is 0 Å². The molecule has 0 radical (unpaired) electrons. The molecule has 1 saturated heterocycles. The van der Waals surface area contributed by atoms with Gasteiger partial charge in [-0.3, -0.25) is 0 Å². The summed E-state index contributed by atoms with van der Waals surface area (Å²) in [7, 11) is -3.43. The highest BCUT2D eigenvalue weighted by Crippen LogP contribution is 2.33. The number of rotatable bonds is 4. The van der Waals surface area contributed by atoms with Crippen LogP contribution in [0.2, 0.25) is 0 Å². The van der Waals surface area contributed by atoms with Crippen LogP contribution in [-0.4, -0.2) is 24.4 Å². The summed E-state index contributed by atoms with van der Waals surface area (Å²) in [6, 6.07) is 11.5. The maximum absolute atomic E-state index is 12.9. The molecular formula is C17H22N2O3S. The van der Waals surface area contributed by atoms with Gasteiger partial charge in [0.15, 0.2) is 0 Å². The molecule has 0 spiro atoms. The first-order valence-electron chi connectivity index (χ1n) is 8.03. The summed E-state index contributed by atoms with van der Waals surface area (Å²) in [6.07, 6.45) is 3.88. The van der Waals surface area contributed by atoms with E-state index in [1.165, 1.54) is 0 Å². The SMILES string of the molecule is Cc1cc(CS(=O)(=O)N2CCCCCC2c2ccccc2)no1. The molecule has 5 nitrogen and oxygen atoms in total. The Morgan fingerprint density at radius 3 is 2.70 bits per heavy atom. The maximum Gasteiger partial charge on any atom is 0.220 e. The molecule has 1 unspecified atom stereocenters. The molecule has 1 aromatic carbocycles. The highest BCUT2D eigenvalue weighted by molar-refractivity contribution is 7.88. The zero-order chi connectivity index (χ0) is 16.3. The molecule has 6 heteroatoms. The minimum absolute atomic E-state index is 0.0864. The van der Waals surface area contributed by atoms with Crippen molar-refractivity contribution >= 4 is 10.0 Å². The minimum Gasteiger partial charge on any atom is -0.361 e. The molecule has 1 aliphatic heterocycles. The molecule has 0 aliphatic carbocycles. The normalized spacial score (nSPS) is 20.3. The number of aromatic nitrogens is 1. The Labute approximate surface area is 137 Å². The van der Waals surface area contributed by atoms with Crippen LogP contribution >= 0.6 is 0 Å². The predicted octanol–water partition coefficient (Wildman–Crippen LogP) is 3.43. The number of benzene rings is 1. The van der Waals surface area contributed by atoms with E-state index < -0.39 is 10.0 Å². The van der Waals surface area contributed by atoms with Crippen molar-refractivity contribution in [3.05, 3.63) is 53.4 Å². The molecule has 3 rings (SSSR count). The van der Waals surface area contributed by atoms with Gasteiger partial charge in [-0.05, 0) is 25.3 Å². The molecule has 1 aromatic heterocycles. The quantitative estimate of drug-likeness (QED) is 0.859. The van der Waals surface area contributed by atoms with E-state index in [0.29, 0.717) is 18.0 Å². The smallest absolute Gasteiger partial charge is 0.220 e. The first-order valence-corrected chi connectivity index (χ1v) is 9.64. The van der Waals surface area contributed by atoms with Crippen molar-refractivity contribution in [3.63, 3.8) is 0 Å². The number of aryl methyl sites for hydroxylation is 1. The van der Waals surface area contributed by atoms with E-state index in [2.05, 4.69) is 5.16 Å². The third-order valence-electron chi connectivity index (χ3n) is 4.25. The summed E-state index contributed by atoms with van der Waals surface area (Å²) in [4.78, 5) is 0. The lowest BCUT2D eigenvalue weighted by Gasteiger charge is -2.29. The Balaban J connectivity index is 1.89. The van der Waals surface area contributed by atoms with Gasteiger partial charge < -0.3 is 4.52 Å². The van der Waals surface area contributed by atoms with Gasteiger partial charge in [-0.15, -0.1) is 0 Å². The molecular weight excluding hydrogens is 312 g/mol. The Hall–Kier alpha value is -1.66. The Kier molecular flexibility index (Phi) is 4.82. The topological polar surface area (TPSA) is 63.4 Å². The third kappa shape index (κ3) is 3.82. The Bertz CT molecular complexity index is 740. The van der Waals surface area contributed by atoms with Crippen LogP contribution in [0.4, 0.5) is 0 Å². The van der Waals surface area contributed by atoms with Crippen molar-refractivity contribution < 1.29 is 12.9 Å². The first kappa shape index (κ1) is 16.2. The van der Waals surface area contributed by atoms with Crippen LogP contribution < -0.4 is 0 Å². The summed E-state index contributed by atoms with van der Waals surface area (Å²) in [5.74, 6) is 0.527. The van der Waals surface area contributed by atoms with Gasteiger partial charge in [-0.1, -0.05) is 48.3 Å². The van der Waals surface area contributed by atoms with Crippen molar-refractivity contribution in [2.45, 2.75) is 44.4 Å². The molecule has 0 N–H and O–H groups in total. The van der Waals surface area contributed by atoms with Crippen LogP contribution in [-0.2, 0) is 15.8 Å². The molecule has 1 aliphatic rings. The highest BCUT2D eigenvalue weighted by atomic mass is 32.2. The first-order chi connectivity index (χ1) is 11.1. The van der Waals surface area contributed by atoms with Crippen molar-refractivity contribution in [2.75, 3.05) is 6.54 Å². The Morgan fingerprint density at radius 1 is 1.22 bits per heavy atom. The Morgan fingerprint density at radius 2 is 2.00 bits per heavy atom. The largest absolute Gasteiger partial charge is 0.361 e. The second-order valence-electron chi connectivity index (χ2n) is 6.07. The van der Waals surface area contributed by atoms with Crippen molar-refractivity contribution in [2.24, 2.45) is 0 Å². The van der Waals surface area contributed by atoms with E-state index in [0.717, 1.165) is 31.2 Å². The summed E-state index contributed by atoms with van der Waals surface area (Å²) in [5, 5.41) is 3.84. The van der Waals surface area contributed by atoms with Crippen LogP contribution in [0.3, 0.4) is 0 Å². The van der Waals surface area contributed by atoms with E-state index >= 15 is 0 Å². The molecule has 2 heterocycles. The van der Waals surface area contributed by atoms with E-state index in [1.807, 2.05) is 30.3 Å². The maximum atomic E-state index is 12.9. The molecule has 0 bridgehead atoms. The van der Waals surface area contributed by atoms with Crippen LogP contribution in [0.5, 0.6) is 0 Å². The zero-order valence-corrected chi connectivity index (χ0v) is 14.1. The average Bonchev–Trinajstić information content (AvgIpc) is 2.78. The van der Waals surface area contributed by atoms with Gasteiger partial charge in [0.05, 0.1) is 0 Å². The van der Waals surface area contributed by atoms with Crippen LogP contribution in [0.15, 0.2) is 40.9 Å². The second kappa shape index (κ2) is 6.84. The summed E-state index contributed by atoms with van der Waals surface area (Å²) in [6.45, 7) is 2.33. The van der Waals surface area contributed by atoms with E-state index in [4.69, 9.17) is 4.52 Å². The fourth-order valence-corrected chi connectivity index (χ4v) is 4.88. The fourth-order valence-electron chi connectivity index (χ4n) is 3.18. The average molecular weight is 334 g/mol. The predicted molar refractivity (Wildman–Crippen MR) is 88.2 cm³/mol. The van der Waals surface area contributed by atoms with E-state index in [9.17, 15) is 8.42 Å². The zero-order valence-electron chi connectivity index (χ0n) is 13.3.